The fraction of sp³-hybridized carbons (Fsp3) is 0. The fourth-order valence-electron chi connectivity index (χ4n) is 11.5. The molecule has 0 bridgehead atoms. The summed E-state index contributed by atoms with van der Waals surface area (Å²) < 4.78 is 13.1. The van der Waals surface area contributed by atoms with Gasteiger partial charge in [0.2, 0.25) is 0 Å². The van der Waals surface area contributed by atoms with Crippen LogP contribution in [0, 0.1) is 0 Å². The predicted molar refractivity (Wildman–Crippen MR) is 300 cm³/mol. The molecular formula is C68H42N2O2. The van der Waals surface area contributed by atoms with E-state index >= 15 is 0 Å². The summed E-state index contributed by atoms with van der Waals surface area (Å²) in [5, 5.41) is 12.0. The molecule has 0 saturated heterocycles. The van der Waals surface area contributed by atoms with Crippen molar-refractivity contribution in [3.63, 3.8) is 0 Å². The van der Waals surface area contributed by atoms with Gasteiger partial charge in [-0.3, -0.25) is 0 Å². The molecule has 0 radical (unpaired) electrons. The highest BCUT2D eigenvalue weighted by Gasteiger charge is 2.29. The zero-order chi connectivity index (χ0) is 47.3. The van der Waals surface area contributed by atoms with Gasteiger partial charge in [-0.1, -0.05) is 170 Å². The topological polar surface area (TPSA) is 24.9 Å². The maximum Gasteiger partial charge on any atom is 0.151 e. The monoisotopic (exact) mass is 918 g/mol. The Kier molecular flexibility index (Phi) is 8.92. The number of benzene rings is 13. The van der Waals surface area contributed by atoms with Gasteiger partial charge in [-0.2, -0.15) is 0 Å². The van der Waals surface area contributed by atoms with Gasteiger partial charge in [0.15, 0.2) is 23.0 Å². The lowest BCUT2D eigenvalue weighted by molar-refractivity contribution is 0.477. The van der Waals surface area contributed by atoms with E-state index in [0.717, 1.165) is 89.8 Å². The second-order valence-corrected chi connectivity index (χ2v) is 18.8. The number of para-hydroxylation sites is 8. The molecule has 2 heterocycles. The first kappa shape index (κ1) is 40.3. The summed E-state index contributed by atoms with van der Waals surface area (Å²) in [7, 11) is 0. The van der Waals surface area contributed by atoms with Gasteiger partial charge < -0.3 is 19.3 Å². The van der Waals surface area contributed by atoms with E-state index in [1.807, 2.05) is 24.3 Å². The predicted octanol–water partition coefficient (Wildman–Crippen LogP) is 19.6. The lowest BCUT2D eigenvalue weighted by Crippen LogP contribution is -2.15. The van der Waals surface area contributed by atoms with Gasteiger partial charge in [0.25, 0.3) is 0 Å². The molecule has 0 atom stereocenters. The van der Waals surface area contributed by atoms with E-state index in [1.165, 1.54) is 54.6 Å². The minimum absolute atomic E-state index is 0.822. The number of hydrogen-bond donors (Lipinski definition) is 0. The maximum absolute atomic E-state index is 6.53. The third kappa shape index (κ3) is 6.26. The molecular weight excluding hydrogens is 877 g/mol. The second-order valence-electron chi connectivity index (χ2n) is 18.8. The molecule has 0 aromatic heterocycles. The molecule has 0 unspecified atom stereocenters. The highest BCUT2D eigenvalue weighted by Crippen LogP contribution is 2.55. The van der Waals surface area contributed by atoms with Crippen LogP contribution < -0.4 is 19.3 Å². The number of anilines is 6. The molecule has 15 rings (SSSR count). The van der Waals surface area contributed by atoms with E-state index in [0.29, 0.717) is 0 Å². The Hall–Kier alpha value is -9.64. The Balaban J connectivity index is 1.02. The molecule has 0 amide bonds. The average Bonchev–Trinajstić information content (AvgIpc) is 3.45. The minimum atomic E-state index is 0.822. The van der Waals surface area contributed by atoms with Gasteiger partial charge in [0.05, 0.1) is 22.7 Å². The van der Waals surface area contributed by atoms with Crippen LogP contribution >= 0.6 is 0 Å². The summed E-state index contributed by atoms with van der Waals surface area (Å²) >= 11 is 0. The highest BCUT2D eigenvalue weighted by molar-refractivity contribution is 6.23. The summed E-state index contributed by atoms with van der Waals surface area (Å²) in [6.07, 6.45) is 0. The molecule has 2 aliphatic heterocycles. The smallest absolute Gasteiger partial charge is 0.151 e. The SMILES string of the molecule is c1ccc2c(c1)Oc1ccccc1N2c1ccc2c(-c3ccc4ccccc4c3)c3cc(N4c5ccccc5Oc5ccccc54)ccc3c(-c3ccc(-c4cc5ccccc5c5ccccc45)cc3)c2c1. The third-order valence-electron chi connectivity index (χ3n) is 14.8. The van der Waals surface area contributed by atoms with E-state index in [9.17, 15) is 0 Å². The molecule has 0 aliphatic carbocycles. The van der Waals surface area contributed by atoms with Gasteiger partial charge in [0, 0.05) is 11.4 Å². The maximum atomic E-state index is 6.53. The molecule has 0 spiro atoms. The highest BCUT2D eigenvalue weighted by atomic mass is 16.5. The Bertz CT molecular complexity index is 4280. The van der Waals surface area contributed by atoms with Gasteiger partial charge >= 0.3 is 0 Å². The van der Waals surface area contributed by atoms with E-state index in [-0.39, 0.29) is 0 Å². The van der Waals surface area contributed by atoms with Crippen LogP contribution in [0.5, 0.6) is 23.0 Å². The first-order valence-corrected chi connectivity index (χ1v) is 24.6. The normalized spacial score (nSPS) is 12.6. The molecule has 13 aromatic carbocycles. The molecule has 72 heavy (non-hydrogen) atoms. The van der Waals surface area contributed by atoms with Crippen molar-refractivity contribution in [1.82, 2.24) is 0 Å². The van der Waals surface area contributed by atoms with Crippen molar-refractivity contribution >= 4 is 88.0 Å². The van der Waals surface area contributed by atoms with Crippen molar-refractivity contribution in [2.45, 2.75) is 0 Å². The number of rotatable bonds is 5. The standard InChI is InChI=1S/C68H42N2O2/c1-2-16-46-39-48(34-29-43(46)15-1)68-55-38-36-49(69-59-21-7-11-25-63(59)71-64-26-12-8-22-60(64)69)41-57(55)67(45-32-30-44(31-33-45)56-40-47-17-3-4-18-51(47)52-19-5-6-20-53(52)56)54-37-35-50(42-58(54)68)70-61-23-9-13-27-65(61)72-66-28-14-10-24-62(66)70/h1-42H. The molecule has 4 nitrogen and oxygen atoms in total. The molecule has 0 saturated carbocycles. The van der Waals surface area contributed by atoms with Crippen LogP contribution in [-0.2, 0) is 0 Å². The molecule has 2 aliphatic rings. The fourth-order valence-corrected chi connectivity index (χ4v) is 11.5. The minimum Gasteiger partial charge on any atom is -0.453 e. The first-order chi connectivity index (χ1) is 35.7. The van der Waals surface area contributed by atoms with Crippen LogP contribution in [0.3, 0.4) is 0 Å². The molecule has 0 N–H and O–H groups in total. The summed E-state index contributed by atoms with van der Waals surface area (Å²) in [5.41, 5.74) is 13.1. The lowest BCUT2D eigenvalue weighted by Gasteiger charge is -2.33. The van der Waals surface area contributed by atoms with Gasteiger partial charge in [-0.05, 0) is 172 Å². The van der Waals surface area contributed by atoms with Crippen LogP contribution in [0.25, 0.3) is 87.2 Å². The van der Waals surface area contributed by atoms with Gasteiger partial charge in [-0.25, -0.2) is 0 Å². The zero-order valence-electron chi connectivity index (χ0n) is 39.0. The summed E-state index contributed by atoms with van der Waals surface area (Å²) in [4.78, 5) is 4.70. The number of fused-ring (bicyclic) bond motifs is 10. The molecule has 13 aromatic rings. The van der Waals surface area contributed by atoms with E-state index in [1.54, 1.807) is 0 Å². The van der Waals surface area contributed by atoms with Crippen molar-refractivity contribution in [1.29, 1.82) is 0 Å². The van der Waals surface area contributed by atoms with Crippen molar-refractivity contribution in [2.24, 2.45) is 0 Å². The van der Waals surface area contributed by atoms with E-state index in [2.05, 4.69) is 240 Å². The number of nitrogens with zero attached hydrogens (tertiary/aromatic N) is 2. The lowest BCUT2D eigenvalue weighted by atomic mass is 9.84. The summed E-state index contributed by atoms with van der Waals surface area (Å²) in [6.45, 7) is 0. The third-order valence-corrected chi connectivity index (χ3v) is 14.8. The number of hydrogen-bond acceptors (Lipinski definition) is 4. The summed E-state index contributed by atoms with van der Waals surface area (Å²) in [5.74, 6) is 3.29. The van der Waals surface area contributed by atoms with Crippen molar-refractivity contribution in [3.8, 4) is 56.4 Å². The first-order valence-electron chi connectivity index (χ1n) is 24.6. The van der Waals surface area contributed by atoms with E-state index in [4.69, 9.17) is 9.47 Å². The Morgan fingerprint density at radius 2 is 0.653 bits per heavy atom. The van der Waals surface area contributed by atoms with Gasteiger partial charge in [0.1, 0.15) is 0 Å². The van der Waals surface area contributed by atoms with Crippen LogP contribution in [0.1, 0.15) is 0 Å². The second kappa shape index (κ2) is 16.0. The van der Waals surface area contributed by atoms with Crippen molar-refractivity contribution in [3.05, 3.63) is 255 Å². The summed E-state index contributed by atoms with van der Waals surface area (Å²) in [6, 6.07) is 92.1. The van der Waals surface area contributed by atoms with Crippen molar-refractivity contribution in [2.75, 3.05) is 9.80 Å². The van der Waals surface area contributed by atoms with Gasteiger partial charge in [-0.15, -0.1) is 0 Å². The van der Waals surface area contributed by atoms with Crippen LogP contribution in [0.4, 0.5) is 34.1 Å². The molecule has 336 valence electrons. The average molecular weight is 919 g/mol. The molecule has 0 fully saturated rings. The van der Waals surface area contributed by atoms with E-state index < -0.39 is 0 Å². The van der Waals surface area contributed by atoms with Crippen molar-refractivity contribution < 1.29 is 9.47 Å². The Labute approximate surface area is 416 Å². The molecule has 4 heteroatoms. The number of ether oxygens (including phenoxy) is 2. The van der Waals surface area contributed by atoms with Crippen LogP contribution in [-0.4, -0.2) is 0 Å². The largest absolute Gasteiger partial charge is 0.453 e. The zero-order valence-corrected chi connectivity index (χ0v) is 39.0. The van der Waals surface area contributed by atoms with Crippen LogP contribution in [0.2, 0.25) is 0 Å². The van der Waals surface area contributed by atoms with Crippen LogP contribution in [0.15, 0.2) is 255 Å². The Morgan fingerprint density at radius 1 is 0.236 bits per heavy atom. The Morgan fingerprint density at radius 3 is 1.21 bits per heavy atom. The quantitative estimate of drug-likeness (QED) is 0.127.